The van der Waals surface area contributed by atoms with Crippen LogP contribution in [0.2, 0.25) is 5.02 Å². The van der Waals surface area contributed by atoms with Crippen molar-refractivity contribution in [1.82, 2.24) is 10.3 Å². The lowest BCUT2D eigenvalue weighted by Crippen LogP contribution is -2.35. The van der Waals surface area contributed by atoms with Gasteiger partial charge in [-0.1, -0.05) is 11.6 Å². The first-order valence-corrected chi connectivity index (χ1v) is 5.62. The van der Waals surface area contributed by atoms with Crippen LogP contribution in [0.5, 0.6) is 0 Å². The van der Waals surface area contributed by atoms with Crippen molar-refractivity contribution in [1.29, 1.82) is 0 Å². The fourth-order valence-corrected chi connectivity index (χ4v) is 2.30. The topological polar surface area (TPSA) is 62.2 Å². The highest BCUT2D eigenvalue weighted by atomic mass is 35.5. The summed E-state index contributed by atoms with van der Waals surface area (Å²) >= 11 is 6.03. The second kappa shape index (κ2) is 4.80. The predicted molar refractivity (Wildman–Crippen MR) is 60.4 cm³/mol. The Hall–Kier alpha value is -1.13. The van der Waals surface area contributed by atoms with Gasteiger partial charge in [-0.05, 0) is 31.0 Å². The zero-order valence-electron chi connectivity index (χ0n) is 8.69. The van der Waals surface area contributed by atoms with Crippen LogP contribution in [0.3, 0.4) is 0 Å². The van der Waals surface area contributed by atoms with Crippen molar-refractivity contribution in [2.45, 2.75) is 18.9 Å². The minimum absolute atomic E-state index is 0.0188. The van der Waals surface area contributed by atoms with Gasteiger partial charge in [-0.15, -0.1) is 0 Å². The summed E-state index contributed by atoms with van der Waals surface area (Å²) in [6, 6.07) is 1.86. The van der Waals surface area contributed by atoms with Gasteiger partial charge >= 0.3 is 5.97 Å². The second-order valence-corrected chi connectivity index (χ2v) is 4.37. The molecule has 0 aliphatic carbocycles. The van der Waals surface area contributed by atoms with E-state index in [9.17, 15) is 4.79 Å². The minimum atomic E-state index is -0.725. The number of carboxylic acids is 1. The molecule has 0 spiro atoms. The van der Waals surface area contributed by atoms with Crippen molar-refractivity contribution < 1.29 is 9.90 Å². The van der Waals surface area contributed by atoms with Crippen LogP contribution in [0.25, 0.3) is 0 Å². The zero-order chi connectivity index (χ0) is 11.5. The van der Waals surface area contributed by atoms with Gasteiger partial charge in [0.1, 0.15) is 0 Å². The van der Waals surface area contributed by atoms with E-state index < -0.39 is 5.97 Å². The van der Waals surface area contributed by atoms with Gasteiger partial charge in [0.25, 0.3) is 0 Å². The fourth-order valence-electron chi connectivity index (χ4n) is 2.05. The lowest BCUT2D eigenvalue weighted by atomic mass is 9.89. The van der Waals surface area contributed by atoms with Crippen molar-refractivity contribution in [3.63, 3.8) is 0 Å². The molecule has 1 aliphatic rings. The van der Waals surface area contributed by atoms with E-state index in [0.29, 0.717) is 24.4 Å². The monoisotopic (exact) mass is 240 g/mol. The molecule has 0 bridgehead atoms. The molecular formula is C11H13ClN2O2. The van der Waals surface area contributed by atoms with E-state index in [1.807, 2.05) is 6.07 Å². The standard InChI is InChI=1S/C11H13ClN2O2/c12-9-6-13-3-2-8(9)10-5-7(11(15)16)1-4-14-10/h2-3,6-7,10,14H,1,4-5H2,(H,15,16). The molecule has 1 aromatic heterocycles. The number of pyridine rings is 1. The molecule has 2 atom stereocenters. The van der Waals surface area contributed by atoms with Crippen molar-refractivity contribution in [2.24, 2.45) is 5.92 Å². The third-order valence-corrected chi connectivity index (χ3v) is 3.25. The molecule has 1 fully saturated rings. The van der Waals surface area contributed by atoms with Crippen molar-refractivity contribution in [3.8, 4) is 0 Å². The molecule has 1 saturated heterocycles. The summed E-state index contributed by atoms with van der Waals surface area (Å²) in [4.78, 5) is 14.9. The maximum atomic E-state index is 10.9. The Morgan fingerprint density at radius 1 is 1.62 bits per heavy atom. The first-order valence-electron chi connectivity index (χ1n) is 5.24. The van der Waals surface area contributed by atoms with Crippen molar-refractivity contribution in [2.75, 3.05) is 6.54 Å². The van der Waals surface area contributed by atoms with Crippen LogP contribution in [0, 0.1) is 5.92 Å². The lowest BCUT2D eigenvalue weighted by Gasteiger charge is -2.28. The number of nitrogens with one attached hydrogen (secondary N) is 1. The summed E-state index contributed by atoms with van der Waals surface area (Å²) in [6.45, 7) is 0.709. The van der Waals surface area contributed by atoms with Gasteiger partial charge in [-0.2, -0.15) is 0 Å². The summed E-state index contributed by atoms with van der Waals surface area (Å²) in [7, 11) is 0. The summed E-state index contributed by atoms with van der Waals surface area (Å²) in [6.07, 6.45) is 4.52. The molecule has 0 radical (unpaired) electrons. The average Bonchev–Trinajstić information content (AvgIpc) is 2.30. The van der Waals surface area contributed by atoms with Gasteiger partial charge in [0.2, 0.25) is 0 Å². The van der Waals surface area contributed by atoms with Crippen LogP contribution in [0.15, 0.2) is 18.5 Å². The number of aliphatic carboxylic acids is 1. The number of nitrogens with zero attached hydrogens (tertiary/aromatic N) is 1. The van der Waals surface area contributed by atoms with E-state index in [1.54, 1.807) is 12.4 Å². The molecule has 5 heteroatoms. The molecular weight excluding hydrogens is 228 g/mol. The van der Waals surface area contributed by atoms with E-state index in [0.717, 1.165) is 5.56 Å². The Morgan fingerprint density at radius 2 is 2.44 bits per heavy atom. The molecule has 2 N–H and O–H groups in total. The molecule has 2 rings (SSSR count). The third-order valence-electron chi connectivity index (χ3n) is 2.93. The van der Waals surface area contributed by atoms with Gasteiger partial charge in [-0.3, -0.25) is 9.78 Å². The smallest absolute Gasteiger partial charge is 0.306 e. The Kier molecular flexibility index (Phi) is 3.41. The molecule has 1 aliphatic heterocycles. The molecule has 0 saturated carbocycles. The summed E-state index contributed by atoms with van der Waals surface area (Å²) in [5.41, 5.74) is 0.933. The van der Waals surface area contributed by atoms with Crippen molar-refractivity contribution >= 4 is 17.6 Å². The molecule has 2 unspecified atom stereocenters. The summed E-state index contributed by atoms with van der Waals surface area (Å²) < 4.78 is 0. The lowest BCUT2D eigenvalue weighted by molar-refractivity contribution is -0.143. The molecule has 1 aromatic rings. The van der Waals surface area contributed by atoms with Gasteiger partial charge in [-0.25, -0.2) is 0 Å². The SMILES string of the molecule is O=C(O)C1CCNC(c2ccncc2Cl)C1. The summed E-state index contributed by atoms with van der Waals surface area (Å²) in [5.74, 6) is -1.01. The average molecular weight is 241 g/mol. The Balaban J connectivity index is 2.16. The molecule has 2 heterocycles. The number of rotatable bonds is 2. The number of piperidine rings is 1. The van der Waals surface area contributed by atoms with Crippen LogP contribution in [0.4, 0.5) is 0 Å². The van der Waals surface area contributed by atoms with Gasteiger partial charge in [0.05, 0.1) is 10.9 Å². The predicted octanol–water partition coefficient (Wildman–Crippen LogP) is 1.86. The highest BCUT2D eigenvalue weighted by Gasteiger charge is 2.28. The fraction of sp³-hybridized carbons (Fsp3) is 0.455. The number of carbonyl (C=O) groups is 1. The molecule has 0 aromatic carbocycles. The Morgan fingerprint density at radius 3 is 3.12 bits per heavy atom. The highest BCUT2D eigenvalue weighted by Crippen LogP contribution is 2.30. The van der Waals surface area contributed by atoms with Crippen LogP contribution < -0.4 is 5.32 Å². The van der Waals surface area contributed by atoms with E-state index in [-0.39, 0.29) is 12.0 Å². The quantitative estimate of drug-likeness (QED) is 0.828. The van der Waals surface area contributed by atoms with E-state index in [4.69, 9.17) is 16.7 Å². The zero-order valence-corrected chi connectivity index (χ0v) is 9.44. The maximum Gasteiger partial charge on any atom is 0.306 e. The minimum Gasteiger partial charge on any atom is -0.481 e. The largest absolute Gasteiger partial charge is 0.481 e. The van der Waals surface area contributed by atoms with Crippen LogP contribution in [-0.4, -0.2) is 22.6 Å². The molecule has 0 amide bonds. The number of hydrogen-bond donors (Lipinski definition) is 2. The number of halogens is 1. The van der Waals surface area contributed by atoms with Crippen LogP contribution in [0.1, 0.15) is 24.4 Å². The van der Waals surface area contributed by atoms with E-state index in [1.165, 1.54) is 0 Å². The van der Waals surface area contributed by atoms with Gasteiger partial charge in [0.15, 0.2) is 0 Å². The second-order valence-electron chi connectivity index (χ2n) is 3.96. The maximum absolute atomic E-state index is 10.9. The first kappa shape index (κ1) is 11.4. The van der Waals surface area contributed by atoms with E-state index >= 15 is 0 Å². The van der Waals surface area contributed by atoms with E-state index in [2.05, 4.69) is 10.3 Å². The first-order chi connectivity index (χ1) is 7.68. The number of carboxylic acid groups (broad SMARTS) is 1. The number of hydrogen-bond acceptors (Lipinski definition) is 3. The third kappa shape index (κ3) is 2.33. The Labute approximate surface area is 98.6 Å². The molecule has 16 heavy (non-hydrogen) atoms. The van der Waals surface area contributed by atoms with Gasteiger partial charge < -0.3 is 10.4 Å². The van der Waals surface area contributed by atoms with Crippen molar-refractivity contribution in [3.05, 3.63) is 29.0 Å². The van der Waals surface area contributed by atoms with Gasteiger partial charge in [0, 0.05) is 18.4 Å². The highest BCUT2D eigenvalue weighted by molar-refractivity contribution is 6.31. The number of aromatic nitrogens is 1. The van der Waals surface area contributed by atoms with Crippen LogP contribution >= 0.6 is 11.6 Å². The Bertz CT molecular complexity index is 397. The summed E-state index contributed by atoms with van der Waals surface area (Å²) in [5, 5.41) is 12.9. The van der Waals surface area contributed by atoms with Crippen LogP contribution in [-0.2, 0) is 4.79 Å². The molecule has 4 nitrogen and oxygen atoms in total. The molecule has 86 valence electrons. The normalized spacial score (nSPS) is 25.3.